The van der Waals surface area contributed by atoms with E-state index in [9.17, 15) is 14.0 Å². The molecule has 0 aliphatic carbocycles. The van der Waals surface area contributed by atoms with Gasteiger partial charge in [0.15, 0.2) is 0 Å². The van der Waals surface area contributed by atoms with Crippen LogP contribution in [0.2, 0.25) is 0 Å². The second-order valence-electron chi connectivity index (χ2n) is 4.69. The molecule has 0 aromatic heterocycles. The molecule has 0 aliphatic rings. The molecule has 1 unspecified atom stereocenters. The number of rotatable bonds is 4. The second-order valence-corrected chi connectivity index (χ2v) is 4.69. The lowest BCUT2D eigenvalue weighted by Gasteiger charge is -2.14. The van der Waals surface area contributed by atoms with E-state index in [4.69, 9.17) is 0 Å². The van der Waals surface area contributed by atoms with Gasteiger partial charge in [0.1, 0.15) is 11.9 Å². The Morgan fingerprint density at radius 1 is 0.955 bits per heavy atom. The summed E-state index contributed by atoms with van der Waals surface area (Å²) in [5.41, 5.74) is 0.958. The highest BCUT2D eigenvalue weighted by Crippen LogP contribution is 2.09. The lowest BCUT2D eigenvalue weighted by atomic mass is 10.2. The van der Waals surface area contributed by atoms with Gasteiger partial charge >= 0.3 is 6.03 Å². The zero-order valence-corrected chi connectivity index (χ0v) is 12.0. The molecule has 0 bridgehead atoms. The molecule has 1 atom stereocenters. The summed E-state index contributed by atoms with van der Waals surface area (Å²) in [6.07, 6.45) is 0. The monoisotopic (exact) mass is 301 g/mol. The Labute approximate surface area is 127 Å². The van der Waals surface area contributed by atoms with Crippen molar-refractivity contribution in [3.05, 3.63) is 60.4 Å². The van der Waals surface area contributed by atoms with Gasteiger partial charge in [-0.3, -0.25) is 4.79 Å². The molecule has 0 fully saturated rings. The molecule has 0 radical (unpaired) electrons. The fraction of sp³-hybridized carbons (Fsp3) is 0.125. The van der Waals surface area contributed by atoms with E-state index in [1.54, 1.807) is 37.3 Å². The quantitative estimate of drug-likeness (QED) is 0.812. The van der Waals surface area contributed by atoms with Gasteiger partial charge in [-0.05, 0) is 37.3 Å². The summed E-state index contributed by atoms with van der Waals surface area (Å²) in [6, 6.07) is 13.1. The third kappa shape index (κ3) is 4.59. The standard InChI is InChI=1S/C16H16FN3O2/c1-11(15(21)19-13-7-3-2-4-8-13)18-16(22)20-14-9-5-6-12(17)10-14/h2-11H,1H3,(H,19,21)(H2,18,20,22). The largest absolute Gasteiger partial charge is 0.326 e. The number of carbonyl (C=O) groups is 2. The van der Waals surface area contributed by atoms with E-state index in [2.05, 4.69) is 16.0 Å². The Morgan fingerprint density at radius 2 is 1.64 bits per heavy atom. The van der Waals surface area contributed by atoms with Crippen molar-refractivity contribution >= 4 is 23.3 Å². The number of para-hydroxylation sites is 1. The molecule has 0 saturated carbocycles. The van der Waals surface area contributed by atoms with Crippen LogP contribution in [-0.4, -0.2) is 18.0 Å². The molecule has 0 aliphatic heterocycles. The maximum Gasteiger partial charge on any atom is 0.319 e. The summed E-state index contributed by atoms with van der Waals surface area (Å²) in [4.78, 5) is 23.7. The van der Waals surface area contributed by atoms with Crippen LogP contribution in [0, 0.1) is 5.82 Å². The zero-order chi connectivity index (χ0) is 15.9. The topological polar surface area (TPSA) is 70.2 Å². The fourth-order valence-corrected chi connectivity index (χ4v) is 1.77. The van der Waals surface area contributed by atoms with Crippen LogP contribution in [0.5, 0.6) is 0 Å². The van der Waals surface area contributed by atoms with Gasteiger partial charge in [0.05, 0.1) is 0 Å². The first-order chi connectivity index (χ1) is 10.5. The van der Waals surface area contributed by atoms with Gasteiger partial charge in [-0.2, -0.15) is 0 Å². The van der Waals surface area contributed by atoms with Crippen LogP contribution in [0.25, 0.3) is 0 Å². The Balaban J connectivity index is 1.86. The van der Waals surface area contributed by atoms with E-state index in [1.807, 2.05) is 6.07 Å². The third-order valence-electron chi connectivity index (χ3n) is 2.86. The van der Waals surface area contributed by atoms with Gasteiger partial charge in [-0.15, -0.1) is 0 Å². The summed E-state index contributed by atoms with van der Waals surface area (Å²) in [5.74, 6) is -0.798. The van der Waals surface area contributed by atoms with Crippen LogP contribution in [0.3, 0.4) is 0 Å². The molecule has 22 heavy (non-hydrogen) atoms. The average Bonchev–Trinajstić information content (AvgIpc) is 2.48. The average molecular weight is 301 g/mol. The van der Waals surface area contributed by atoms with Crippen LogP contribution >= 0.6 is 0 Å². The van der Waals surface area contributed by atoms with Crippen molar-refractivity contribution < 1.29 is 14.0 Å². The first kappa shape index (κ1) is 15.5. The van der Waals surface area contributed by atoms with Gasteiger partial charge in [0.2, 0.25) is 5.91 Å². The molecule has 2 rings (SSSR count). The van der Waals surface area contributed by atoms with Crippen LogP contribution in [0.15, 0.2) is 54.6 Å². The van der Waals surface area contributed by atoms with Crippen molar-refractivity contribution in [2.75, 3.05) is 10.6 Å². The number of hydrogen-bond acceptors (Lipinski definition) is 2. The fourth-order valence-electron chi connectivity index (χ4n) is 1.77. The van der Waals surface area contributed by atoms with Crippen molar-refractivity contribution in [1.82, 2.24) is 5.32 Å². The highest BCUT2D eigenvalue weighted by molar-refractivity contribution is 5.98. The summed E-state index contributed by atoms with van der Waals surface area (Å²) < 4.78 is 13.0. The second kappa shape index (κ2) is 7.21. The number of anilines is 2. The number of amides is 3. The van der Waals surface area contributed by atoms with Crippen molar-refractivity contribution in [2.24, 2.45) is 0 Å². The molecule has 2 aromatic carbocycles. The van der Waals surface area contributed by atoms with Crippen molar-refractivity contribution in [1.29, 1.82) is 0 Å². The molecule has 0 heterocycles. The smallest absolute Gasteiger partial charge is 0.319 e. The molecule has 3 N–H and O–H groups in total. The maximum absolute atomic E-state index is 13.0. The molecular formula is C16H16FN3O2. The van der Waals surface area contributed by atoms with Crippen LogP contribution < -0.4 is 16.0 Å². The predicted octanol–water partition coefficient (Wildman–Crippen LogP) is 2.97. The van der Waals surface area contributed by atoms with E-state index in [1.165, 1.54) is 18.2 Å². The Bertz CT molecular complexity index is 661. The van der Waals surface area contributed by atoms with E-state index in [-0.39, 0.29) is 5.91 Å². The van der Waals surface area contributed by atoms with Gasteiger partial charge in [-0.1, -0.05) is 24.3 Å². The Kier molecular flexibility index (Phi) is 5.08. The summed E-state index contributed by atoms with van der Waals surface area (Å²) in [6.45, 7) is 1.56. The van der Waals surface area contributed by atoms with Crippen LogP contribution in [-0.2, 0) is 4.79 Å². The number of nitrogens with one attached hydrogen (secondary N) is 3. The first-order valence-electron chi connectivity index (χ1n) is 6.73. The Hall–Kier alpha value is -2.89. The zero-order valence-electron chi connectivity index (χ0n) is 12.0. The summed E-state index contributed by atoms with van der Waals surface area (Å²) in [7, 11) is 0. The van der Waals surface area contributed by atoms with E-state index in [0.717, 1.165) is 0 Å². The van der Waals surface area contributed by atoms with E-state index in [0.29, 0.717) is 11.4 Å². The number of carbonyl (C=O) groups excluding carboxylic acids is 2. The SMILES string of the molecule is CC(NC(=O)Nc1cccc(F)c1)C(=O)Nc1ccccc1. The number of benzene rings is 2. The van der Waals surface area contributed by atoms with Gasteiger partial charge in [-0.25, -0.2) is 9.18 Å². The highest BCUT2D eigenvalue weighted by atomic mass is 19.1. The molecule has 0 saturated heterocycles. The summed E-state index contributed by atoms with van der Waals surface area (Å²) >= 11 is 0. The molecule has 0 spiro atoms. The van der Waals surface area contributed by atoms with Crippen molar-refractivity contribution in [3.63, 3.8) is 0 Å². The molecule has 2 aromatic rings. The molecule has 5 nitrogen and oxygen atoms in total. The van der Waals surface area contributed by atoms with Crippen LogP contribution in [0.4, 0.5) is 20.6 Å². The number of halogens is 1. The minimum atomic E-state index is -0.742. The minimum Gasteiger partial charge on any atom is -0.326 e. The summed E-state index contributed by atoms with van der Waals surface area (Å²) in [5, 5.41) is 7.62. The first-order valence-corrected chi connectivity index (χ1v) is 6.73. The minimum absolute atomic E-state index is 0.313. The lowest BCUT2D eigenvalue weighted by molar-refractivity contribution is -0.117. The molecule has 6 heteroatoms. The number of urea groups is 1. The maximum atomic E-state index is 13.0. The van der Waals surface area contributed by atoms with E-state index >= 15 is 0 Å². The van der Waals surface area contributed by atoms with E-state index < -0.39 is 17.9 Å². The lowest BCUT2D eigenvalue weighted by Crippen LogP contribution is -2.43. The van der Waals surface area contributed by atoms with Crippen molar-refractivity contribution in [3.8, 4) is 0 Å². The molecular weight excluding hydrogens is 285 g/mol. The van der Waals surface area contributed by atoms with Crippen LogP contribution in [0.1, 0.15) is 6.92 Å². The molecule has 3 amide bonds. The third-order valence-corrected chi connectivity index (χ3v) is 2.86. The highest BCUT2D eigenvalue weighted by Gasteiger charge is 2.15. The van der Waals surface area contributed by atoms with Gasteiger partial charge < -0.3 is 16.0 Å². The molecule has 114 valence electrons. The van der Waals surface area contributed by atoms with Gasteiger partial charge in [0, 0.05) is 11.4 Å². The normalized spacial score (nSPS) is 11.4. The Morgan fingerprint density at radius 3 is 2.32 bits per heavy atom. The van der Waals surface area contributed by atoms with Gasteiger partial charge in [0.25, 0.3) is 0 Å². The number of hydrogen-bond donors (Lipinski definition) is 3. The predicted molar refractivity (Wildman–Crippen MR) is 83.1 cm³/mol. The van der Waals surface area contributed by atoms with Crippen molar-refractivity contribution in [2.45, 2.75) is 13.0 Å².